The van der Waals surface area contributed by atoms with E-state index in [9.17, 15) is 0 Å². The second-order valence-electron chi connectivity index (χ2n) is 7.62. The molecule has 1 aromatic carbocycles. The quantitative estimate of drug-likeness (QED) is 0.893. The van der Waals surface area contributed by atoms with Crippen molar-refractivity contribution in [2.75, 3.05) is 42.9 Å². The largest absolute Gasteiger partial charge is 0.364 e. The van der Waals surface area contributed by atoms with E-state index in [4.69, 9.17) is 0 Å². The first-order chi connectivity index (χ1) is 12.5. The molecule has 0 bridgehead atoms. The topological polar surface area (TPSA) is 57.2 Å². The van der Waals surface area contributed by atoms with Gasteiger partial charge in [0, 0.05) is 38.3 Å². The van der Waals surface area contributed by atoms with Crippen LogP contribution in [-0.2, 0) is 0 Å². The van der Waals surface area contributed by atoms with Gasteiger partial charge in [-0.1, -0.05) is 42.5 Å². The van der Waals surface area contributed by atoms with Crippen LogP contribution in [0.1, 0.15) is 26.3 Å². The summed E-state index contributed by atoms with van der Waals surface area (Å²) in [5.74, 6) is 1.48. The fourth-order valence-electron chi connectivity index (χ4n) is 2.91. The van der Waals surface area contributed by atoms with Gasteiger partial charge in [-0.2, -0.15) is 10.1 Å². The van der Waals surface area contributed by atoms with Gasteiger partial charge < -0.3 is 10.2 Å². The van der Waals surface area contributed by atoms with Gasteiger partial charge in [0.25, 0.3) is 0 Å². The Bertz CT molecular complexity index is 715. The van der Waals surface area contributed by atoms with E-state index in [2.05, 4.69) is 87.5 Å². The zero-order valence-electron chi connectivity index (χ0n) is 15.9. The highest BCUT2D eigenvalue weighted by atomic mass is 15.4. The van der Waals surface area contributed by atoms with Crippen molar-refractivity contribution in [1.82, 2.24) is 20.1 Å². The fraction of sp³-hybridized carbons (Fsp3) is 0.450. The van der Waals surface area contributed by atoms with Gasteiger partial charge in [-0.15, -0.1) is 5.10 Å². The molecule has 1 fully saturated rings. The van der Waals surface area contributed by atoms with Gasteiger partial charge in [-0.3, -0.25) is 4.90 Å². The molecule has 6 heteroatoms. The maximum absolute atomic E-state index is 4.62. The van der Waals surface area contributed by atoms with Crippen LogP contribution in [0, 0.1) is 0 Å². The number of nitrogens with zero attached hydrogens (tertiary/aromatic N) is 5. The molecule has 1 aliphatic heterocycles. The van der Waals surface area contributed by atoms with Crippen molar-refractivity contribution in [2.24, 2.45) is 0 Å². The highest BCUT2D eigenvalue weighted by Crippen LogP contribution is 2.15. The minimum atomic E-state index is -0.0446. The van der Waals surface area contributed by atoms with E-state index in [1.165, 1.54) is 5.56 Å². The molecule has 1 aliphatic rings. The lowest BCUT2D eigenvalue weighted by Gasteiger charge is -2.34. The monoisotopic (exact) mass is 352 g/mol. The number of aromatic nitrogens is 3. The second-order valence-corrected chi connectivity index (χ2v) is 7.62. The van der Waals surface area contributed by atoms with Gasteiger partial charge in [0.15, 0.2) is 5.82 Å². The highest BCUT2D eigenvalue weighted by Gasteiger charge is 2.19. The van der Waals surface area contributed by atoms with Crippen LogP contribution in [0.25, 0.3) is 6.08 Å². The number of hydrogen-bond donors (Lipinski definition) is 1. The molecule has 0 aliphatic carbocycles. The molecule has 26 heavy (non-hydrogen) atoms. The van der Waals surface area contributed by atoms with E-state index in [1.54, 1.807) is 6.20 Å². The average molecular weight is 352 g/mol. The van der Waals surface area contributed by atoms with Crippen LogP contribution in [-0.4, -0.2) is 58.3 Å². The Morgan fingerprint density at radius 1 is 1.08 bits per heavy atom. The summed E-state index contributed by atoms with van der Waals surface area (Å²) in [5.41, 5.74) is 1.20. The first-order valence-corrected chi connectivity index (χ1v) is 9.16. The molecule has 1 saturated heterocycles. The van der Waals surface area contributed by atoms with E-state index in [-0.39, 0.29) is 5.54 Å². The van der Waals surface area contributed by atoms with E-state index < -0.39 is 0 Å². The van der Waals surface area contributed by atoms with Crippen LogP contribution in [0.2, 0.25) is 0 Å². The standard InChI is InChI=1S/C20H28N6/c1-20(2,3)23-18-16-21-24-19(22-18)26-14-12-25(13-15-26)11-7-10-17-8-5-4-6-9-17/h4-10,16H,11-15H2,1-3H3,(H,22,23,24)/b10-7+. The van der Waals surface area contributed by atoms with Crippen molar-refractivity contribution < 1.29 is 0 Å². The van der Waals surface area contributed by atoms with Crippen molar-refractivity contribution in [3.05, 3.63) is 48.2 Å². The smallest absolute Gasteiger partial charge is 0.247 e. The number of piperazine rings is 1. The van der Waals surface area contributed by atoms with Crippen LogP contribution in [0.3, 0.4) is 0 Å². The van der Waals surface area contributed by atoms with E-state index >= 15 is 0 Å². The number of anilines is 2. The lowest BCUT2D eigenvalue weighted by molar-refractivity contribution is 0.282. The predicted octanol–water partition coefficient (Wildman–Crippen LogP) is 2.92. The summed E-state index contributed by atoms with van der Waals surface area (Å²) in [7, 11) is 0. The highest BCUT2D eigenvalue weighted by molar-refractivity contribution is 5.48. The molecule has 0 unspecified atom stereocenters. The van der Waals surface area contributed by atoms with Crippen molar-refractivity contribution in [3.8, 4) is 0 Å². The van der Waals surface area contributed by atoms with Gasteiger partial charge in [-0.05, 0) is 26.3 Å². The summed E-state index contributed by atoms with van der Waals surface area (Å²) >= 11 is 0. The molecule has 1 aromatic heterocycles. The number of nitrogens with one attached hydrogen (secondary N) is 1. The summed E-state index contributed by atoms with van der Waals surface area (Å²) in [5, 5.41) is 11.7. The van der Waals surface area contributed by atoms with Crippen LogP contribution in [0.4, 0.5) is 11.8 Å². The van der Waals surface area contributed by atoms with E-state index in [0.29, 0.717) is 5.95 Å². The molecule has 0 saturated carbocycles. The molecule has 0 radical (unpaired) electrons. The van der Waals surface area contributed by atoms with Gasteiger partial charge in [0.2, 0.25) is 5.95 Å². The third-order valence-corrected chi connectivity index (χ3v) is 4.18. The minimum Gasteiger partial charge on any atom is -0.364 e. The Morgan fingerprint density at radius 2 is 1.81 bits per heavy atom. The van der Waals surface area contributed by atoms with Gasteiger partial charge in [0.05, 0.1) is 6.20 Å². The predicted molar refractivity (Wildman–Crippen MR) is 107 cm³/mol. The molecule has 138 valence electrons. The third-order valence-electron chi connectivity index (χ3n) is 4.18. The first kappa shape index (κ1) is 18.3. The van der Waals surface area contributed by atoms with E-state index in [1.807, 2.05) is 6.07 Å². The van der Waals surface area contributed by atoms with E-state index in [0.717, 1.165) is 38.5 Å². The lowest BCUT2D eigenvalue weighted by atomic mass is 10.1. The fourth-order valence-corrected chi connectivity index (χ4v) is 2.91. The molecule has 0 atom stereocenters. The molecule has 0 amide bonds. The lowest BCUT2D eigenvalue weighted by Crippen LogP contribution is -2.47. The molecule has 0 spiro atoms. The van der Waals surface area contributed by atoms with Crippen molar-refractivity contribution >= 4 is 17.8 Å². The maximum atomic E-state index is 4.62. The normalized spacial score (nSPS) is 16.2. The van der Waals surface area contributed by atoms with Gasteiger partial charge >= 0.3 is 0 Å². The second kappa shape index (κ2) is 8.27. The number of benzene rings is 1. The molecular formula is C20H28N6. The van der Waals surface area contributed by atoms with Crippen molar-refractivity contribution in [3.63, 3.8) is 0 Å². The first-order valence-electron chi connectivity index (χ1n) is 9.16. The summed E-state index contributed by atoms with van der Waals surface area (Å²) in [6, 6.07) is 10.4. The number of rotatable bonds is 5. The molecule has 3 rings (SSSR count). The van der Waals surface area contributed by atoms with Crippen LogP contribution < -0.4 is 10.2 Å². The van der Waals surface area contributed by atoms with Gasteiger partial charge in [-0.25, -0.2) is 0 Å². The zero-order valence-corrected chi connectivity index (χ0v) is 15.9. The summed E-state index contributed by atoms with van der Waals surface area (Å²) < 4.78 is 0. The molecule has 6 nitrogen and oxygen atoms in total. The zero-order chi connectivity index (χ0) is 18.4. The SMILES string of the molecule is CC(C)(C)Nc1cnnc(N2CCN(C/C=C/c3ccccc3)CC2)n1. The third kappa shape index (κ3) is 5.52. The maximum Gasteiger partial charge on any atom is 0.247 e. The Morgan fingerprint density at radius 3 is 2.50 bits per heavy atom. The Labute approximate surface area is 156 Å². The molecule has 2 heterocycles. The van der Waals surface area contributed by atoms with Crippen molar-refractivity contribution in [1.29, 1.82) is 0 Å². The Balaban J connectivity index is 1.51. The van der Waals surface area contributed by atoms with Gasteiger partial charge in [0.1, 0.15) is 0 Å². The Hall–Kier alpha value is -2.47. The summed E-state index contributed by atoms with van der Waals surface area (Å²) in [4.78, 5) is 9.27. The van der Waals surface area contributed by atoms with Crippen LogP contribution in [0.5, 0.6) is 0 Å². The summed E-state index contributed by atoms with van der Waals surface area (Å²) in [6.07, 6.45) is 6.09. The molecular weight excluding hydrogens is 324 g/mol. The van der Waals surface area contributed by atoms with Crippen LogP contribution in [0.15, 0.2) is 42.6 Å². The average Bonchev–Trinajstić information content (AvgIpc) is 2.62. The number of hydrogen-bond acceptors (Lipinski definition) is 6. The Kier molecular flexibility index (Phi) is 5.83. The summed E-state index contributed by atoms with van der Waals surface area (Å²) in [6.45, 7) is 11.1. The molecule has 2 aromatic rings. The molecule has 1 N–H and O–H groups in total. The van der Waals surface area contributed by atoms with Crippen LogP contribution >= 0.6 is 0 Å². The van der Waals surface area contributed by atoms with Crippen molar-refractivity contribution in [2.45, 2.75) is 26.3 Å². The minimum absolute atomic E-state index is 0.0446.